The topological polar surface area (TPSA) is 49.4 Å². The number of nitrogens with one attached hydrogen (secondary N) is 1. The maximum absolute atomic E-state index is 11.9. The van der Waals surface area contributed by atoms with E-state index in [0.29, 0.717) is 18.3 Å². The Labute approximate surface area is 85.7 Å². The summed E-state index contributed by atoms with van der Waals surface area (Å²) in [6.45, 7) is 3.44. The van der Waals surface area contributed by atoms with Gasteiger partial charge in [-0.3, -0.25) is 0 Å². The summed E-state index contributed by atoms with van der Waals surface area (Å²) in [4.78, 5) is 0. The predicted molar refractivity (Wildman–Crippen MR) is 55.6 cm³/mol. The lowest BCUT2D eigenvalue weighted by Crippen LogP contribution is -2.58. The van der Waals surface area contributed by atoms with Gasteiger partial charge in [-0.2, -0.15) is 4.31 Å². The first-order valence-electron chi connectivity index (χ1n) is 5.32. The average Bonchev–Trinajstić information content (AvgIpc) is 2.12. The number of rotatable bonds is 0. The van der Waals surface area contributed by atoms with Gasteiger partial charge < -0.3 is 5.32 Å². The molecule has 2 aliphatic rings. The minimum atomic E-state index is -2.97. The van der Waals surface area contributed by atoms with Crippen molar-refractivity contribution in [3.8, 4) is 0 Å². The molecule has 0 amide bonds. The summed E-state index contributed by atoms with van der Waals surface area (Å²) in [7, 11) is -2.97. The van der Waals surface area contributed by atoms with Crippen molar-refractivity contribution in [1.82, 2.24) is 9.62 Å². The van der Waals surface area contributed by atoms with Gasteiger partial charge in [0, 0.05) is 25.2 Å². The van der Waals surface area contributed by atoms with Crippen LogP contribution in [0, 0.1) is 0 Å². The molecule has 4 nitrogen and oxygen atoms in total. The zero-order valence-corrected chi connectivity index (χ0v) is 9.39. The molecule has 2 saturated heterocycles. The van der Waals surface area contributed by atoms with Crippen molar-refractivity contribution < 1.29 is 8.42 Å². The molecule has 3 unspecified atom stereocenters. The normalized spacial score (nSPS) is 42.5. The molecule has 0 aromatic carbocycles. The lowest BCUT2D eigenvalue weighted by Gasteiger charge is -2.39. The third-order valence-electron chi connectivity index (χ3n) is 3.16. The van der Waals surface area contributed by atoms with Crippen LogP contribution < -0.4 is 5.32 Å². The zero-order chi connectivity index (χ0) is 10.2. The summed E-state index contributed by atoms with van der Waals surface area (Å²) in [6, 6.07) is 0.496. The molecule has 2 bridgehead atoms. The van der Waals surface area contributed by atoms with E-state index < -0.39 is 10.0 Å². The molecule has 0 saturated carbocycles. The van der Waals surface area contributed by atoms with Gasteiger partial charge in [0.2, 0.25) is 10.0 Å². The highest BCUT2D eigenvalue weighted by atomic mass is 32.2. The summed E-state index contributed by atoms with van der Waals surface area (Å²) in [5, 5.41) is 3.40. The average molecular weight is 218 g/mol. The van der Waals surface area contributed by atoms with Crippen LogP contribution in [0.5, 0.6) is 0 Å². The molecule has 0 aliphatic carbocycles. The van der Waals surface area contributed by atoms with Crippen LogP contribution >= 0.6 is 0 Å². The zero-order valence-electron chi connectivity index (χ0n) is 8.57. The standard InChI is InChI=1S/C9H18N2O2S/c1-8-6-10-9-4-2-3-5-14(12,13)11(8)7-9/h8-10H,2-7H2,1H3. The Morgan fingerprint density at radius 2 is 2.14 bits per heavy atom. The highest BCUT2D eigenvalue weighted by molar-refractivity contribution is 7.89. The van der Waals surface area contributed by atoms with Crippen molar-refractivity contribution in [2.45, 2.75) is 38.3 Å². The van der Waals surface area contributed by atoms with E-state index in [-0.39, 0.29) is 6.04 Å². The summed E-state index contributed by atoms with van der Waals surface area (Å²) >= 11 is 0. The SMILES string of the molecule is CC1CNC2CCCCS(=O)(=O)N1C2. The van der Waals surface area contributed by atoms with Crippen LogP contribution in [0.25, 0.3) is 0 Å². The van der Waals surface area contributed by atoms with E-state index in [9.17, 15) is 8.42 Å². The molecule has 0 radical (unpaired) electrons. The first-order chi connectivity index (χ1) is 6.59. The molecule has 2 aliphatic heterocycles. The lowest BCUT2D eigenvalue weighted by molar-refractivity contribution is 0.222. The molecular weight excluding hydrogens is 200 g/mol. The van der Waals surface area contributed by atoms with Crippen molar-refractivity contribution in [3.05, 3.63) is 0 Å². The molecular formula is C9H18N2O2S. The Morgan fingerprint density at radius 1 is 1.36 bits per heavy atom. The largest absolute Gasteiger partial charge is 0.311 e. The van der Waals surface area contributed by atoms with Crippen LogP contribution in [0.2, 0.25) is 0 Å². The molecule has 0 spiro atoms. The minimum absolute atomic E-state index is 0.120. The third kappa shape index (κ3) is 1.94. The van der Waals surface area contributed by atoms with Gasteiger partial charge in [-0.05, 0) is 19.8 Å². The predicted octanol–water partition coefficient (Wildman–Crippen LogP) is 0.162. The second-order valence-electron chi connectivity index (χ2n) is 4.34. The molecule has 2 fully saturated rings. The van der Waals surface area contributed by atoms with Gasteiger partial charge in [0.25, 0.3) is 0 Å². The quantitative estimate of drug-likeness (QED) is 0.630. The first-order valence-corrected chi connectivity index (χ1v) is 6.93. The van der Waals surface area contributed by atoms with Crippen LogP contribution in [0.1, 0.15) is 26.2 Å². The summed E-state index contributed by atoms with van der Waals surface area (Å²) in [6.07, 6.45) is 2.95. The van der Waals surface area contributed by atoms with E-state index in [4.69, 9.17) is 0 Å². The summed E-state index contributed by atoms with van der Waals surface area (Å²) < 4.78 is 25.4. The van der Waals surface area contributed by atoms with E-state index in [0.717, 1.165) is 25.8 Å². The highest BCUT2D eigenvalue weighted by Crippen LogP contribution is 2.19. The number of hydrogen-bond acceptors (Lipinski definition) is 3. The summed E-state index contributed by atoms with van der Waals surface area (Å²) in [5.41, 5.74) is 0. The van der Waals surface area contributed by atoms with Crippen LogP contribution in [0.15, 0.2) is 0 Å². The van der Waals surface area contributed by atoms with E-state index in [1.807, 2.05) is 6.92 Å². The molecule has 5 heteroatoms. The van der Waals surface area contributed by atoms with Gasteiger partial charge in [-0.25, -0.2) is 8.42 Å². The van der Waals surface area contributed by atoms with Gasteiger partial charge in [-0.1, -0.05) is 6.42 Å². The van der Waals surface area contributed by atoms with Crippen molar-refractivity contribution in [2.24, 2.45) is 0 Å². The van der Waals surface area contributed by atoms with E-state index in [2.05, 4.69) is 5.32 Å². The van der Waals surface area contributed by atoms with Crippen LogP contribution in [-0.2, 0) is 10.0 Å². The maximum atomic E-state index is 11.9. The highest BCUT2D eigenvalue weighted by Gasteiger charge is 2.34. The second kappa shape index (κ2) is 3.79. The molecule has 2 heterocycles. The van der Waals surface area contributed by atoms with Crippen LogP contribution in [0.3, 0.4) is 0 Å². The molecule has 82 valence electrons. The minimum Gasteiger partial charge on any atom is -0.311 e. The maximum Gasteiger partial charge on any atom is 0.214 e. The van der Waals surface area contributed by atoms with E-state index >= 15 is 0 Å². The Bertz CT molecular complexity index is 300. The molecule has 3 atom stereocenters. The fraction of sp³-hybridized carbons (Fsp3) is 1.00. The smallest absolute Gasteiger partial charge is 0.214 e. The fourth-order valence-electron chi connectivity index (χ4n) is 2.27. The van der Waals surface area contributed by atoms with E-state index in [1.165, 1.54) is 0 Å². The molecule has 2 rings (SSSR count). The van der Waals surface area contributed by atoms with Crippen molar-refractivity contribution in [1.29, 1.82) is 0 Å². The number of nitrogens with zero attached hydrogens (tertiary/aromatic N) is 1. The Morgan fingerprint density at radius 3 is 2.93 bits per heavy atom. The van der Waals surface area contributed by atoms with E-state index in [1.54, 1.807) is 4.31 Å². The Hall–Kier alpha value is -0.130. The molecule has 0 aromatic heterocycles. The summed E-state index contributed by atoms with van der Waals surface area (Å²) in [5.74, 6) is 0.337. The monoisotopic (exact) mass is 218 g/mol. The van der Waals surface area contributed by atoms with Crippen molar-refractivity contribution >= 4 is 10.0 Å². The van der Waals surface area contributed by atoms with Gasteiger partial charge in [0.05, 0.1) is 5.75 Å². The third-order valence-corrected chi connectivity index (χ3v) is 5.18. The molecule has 0 aromatic rings. The van der Waals surface area contributed by atoms with Gasteiger partial charge in [0.1, 0.15) is 0 Å². The number of sulfonamides is 1. The van der Waals surface area contributed by atoms with Gasteiger partial charge in [-0.15, -0.1) is 0 Å². The Balaban J connectivity index is 2.21. The second-order valence-corrected chi connectivity index (χ2v) is 6.38. The number of hydrogen-bond donors (Lipinski definition) is 1. The molecule has 14 heavy (non-hydrogen) atoms. The first kappa shape index (κ1) is 10.4. The van der Waals surface area contributed by atoms with Crippen LogP contribution in [0.4, 0.5) is 0 Å². The fourth-order valence-corrected chi connectivity index (χ4v) is 4.11. The number of fused-ring (bicyclic) bond motifs is 2. The van der Waals surface area contributed by atoms with Crippen molar-refractivity contribution in [2.75, 3.05) is 18.8 Å². The lowest BCUT2D eigenvalue weighted by atomic mass is 10.1. The van der Waals surface area contributed by atoms with Gasteiger partial charge in [0.15, 0.2) is 0 Å². The number of piperazine rings is 1. The Kier molecular flexibility index (Phi) is 2.81. The van der Waals surface area contributed by atoms with Crippen molar-refractivity contribution in [3.63, 3.8) is 0 Å². The van der Waals surface area contributed by atoms with Gasteiger partial charge >= 0.3 is 0 Å². The molecule has 1 N–H and O–H groups in total. The van der Waals surface area contributed by atoms with Crippen LogP contribution in [-0.4, -0.2) is 43.6 Å².